The van der Waals surface area contributed by atoms with Gasteiger partial charge in [0.1, 0.15) is 0 Å². The normalized spacial score (nSPS) is 12.7. The molecule has 0 fully saturated rings. The largest absolute Gasteiger partial charge is 0.350 e. The first-order valence-corrected chi connectivity index (χ1v) is 6.71. The van der Waals surface area contributed by atoms with E-state index in [1.165, 1.54) is 6.08 Å². The van der Waals surface area contributed by atoms with E-state index in [-0.39, 0.29) is 17.5 Å². The van der Waals surface area contributed by atoms with Gasteiger partial charge in [-0.15, -0.1) is 0 Å². The summed E-state index contributed by atoms with van der Waals surface area (Å²) >= 11 is 0. The molecule has 1 amide bonds. The minimum absolute atomic E-state index is 0.127. The number of nitrogens with one attached hydrogen (secondary N) is 2. The zero-order chi connectivity index (χ0) is 14.5. The number of hydrogen-bond donors (Lipinski definition) is 2. The van der Waals surface area contributed by atoms with Gasteiger partial charge in [0.15, 0.2) is 0 Å². The van der Waals surface area contributed by atoms with Gasteiger partial charge in [0.25, 0.3) is 5.56 Å². The monoisotopic (exact) mass is 270 g/mol. The lowest BCUT2D eigenvalue weighted by Gasteiger charge is -2.08. The van der Waals surface area contributed by atoms with Gasteiger partial charge in [-0.05, 0) is 36.9 Å². The number of rotatable bonds is 4. The molecular formula is C16H18N2O2. The van der Waals surface area contributed by atoms with E-state index in [0.717, 1.165) is 17.3 Å². The van der Waals surface area contributed by atoms with Gasteiger partial charge in [-0.3, -0.25) is 9.59 Å². The van der Waals surface area contributed by atoms with Gasteiger partial charge < -0.3 is 10.3 Å². The molecular weight excluding hydrogens is 252 g/mol. The number of benzene rings is 1. The van der Waals surface area contributed by atoms with Crippen molar-refractivity contribution < 1.29 is 4.79 Å². The zero-order valence-corrected chi connectivity index (χ0v) is 11.6. The third-order valence-electron chi connectivity index (χ3n) is 3.20. The van der Waals surface area contributed by atoms with Crippen molar-refractivity contribution in [2.24, 2.45) is 0 Å². The Balaban J connectivity index is 2.23. The number of para-hydroxylation sites is 1. The average molecular weight is 270 g/mol. The first kappa shape index (κ1) is 14.1. The fourth-order valence-corrected chi connectivity index (χ4v) is 1.85. The van der Waals surface area contributed by atoms with Crippen LogP contribution >= 0.6 is 0 Å². The highest BCUT2D eigenvalue weighted by atomic mass is 16.1. The first-order chi connectivity index (χ1) is 9.60. The summed E-state index contributed by atoms with van der Waals surface area (Å²) in [5.74, 6) is -0.188. The summed E-state index contributed by atoms with van der Waals surface area (Å²) in [4.78, 5) is 26.3. The van der Waals surface area contributed by atoms with E-state index in [0.29, 0.717) is 5.56 Å². The van der Waals surface area contributed by atoms with E-state index in [1.807, 2.05) is 38.1 Å². The standard InChI is InChI=1S/C16H18N2O2/c1-3-11(2)17-15(19)9-8-13-10-12-6-4-5-7-14(12)18-16(13)20/h4-11H,3H2,1-2H3,(H,17,19)(H,18,20)/b9-8+. The fraction of sp³-hybridized carbons (Fsp3) is 0.250. The number of aromatic nitrogens is 1. The van der Waals surface area contributed by atoms with Gasteiger partial charge in [0.05, 0.1) is 0 Å². The van der Waals surface area contributed by atoms with Crippen molar-refractivity contribution >= 4 is 22.9 Å². The van der Waals surface area contributed by atoms with Crippen molar-refractivity contribution in [2.45, 2.75) is 26.3 Å². The Morgan fingerprint density at radius 3 is 2.90 bits per heavy atom. The SMILES string of the molecule is CCC(C)NC(=O)/C=C/c1cc2ccccc2[nH]c1=O. The van der Waals surface area contributed by atoms with E-state index < -0.39 is 0 Å². The highest BCUT2D eigenvalue weighted by molar-refractivity contribution is 5.92. The van der Waals surface area contributed by atoms with Crippen LogP contribution < -0.4 is 10.9 Å². The second-order valence-corrected chi connectivity index (χ2v) is 4.79. The van der Waals surface area contributed by atoms with Crippen LogP contribution in [0.4, 0.5) is 0 Å². The molecule has 1 aromatic heterocycles. The molecule has 0 bridgehead atoms. The van der Waals surface area contributed by atoms with Crippen molar-refractivity contribution in [3.63, 3.8) is 0 Å². The molecule has 4 heteroatoms. The molecule has 104 valence electrons. The van der Waals surface area contributed by atoms with Crippen LogP contribution in [0.3, 0.4) is 0 Å². The molecule has 1 heterocycles. The molecule has 1 atom stereocenters. The number of amides is 1. The molecule has 1 unspecified atom stereocenters. The van der Waals surface area contributed by atoms with Crippen molar-refractivity contribution in [3.05, 3.63) is 52.3 Å². The van der Waals surface area contributed by atoms with Crippen LogP contribution in [0, 0.1) is 0 Å². The molecule has 0 radical (unpaired) electrons. The second kappa shape index (κ2) is 6.19. The minimum Gasteiger partial charge on any atom is -0.350 e. The lowest BCUT2D eigenvalue weighted by atomic mass is 10.1. The molecule has 2 aromatic rings. The molecule has 1 aromatic carbocycles. The summed E-state index contributed by atoms with van der Waals surface area (Å²) < 4.78 is 0. The number of aromatic amines is 1. The van der Waals surface area contributed by atoms with E-state index in [4.69, 9.17) is 0 Å². The Morgan fingerprint density at radius 2 is 2.15 bits per heavy atom. The van der Waals surface area contributed by atoms with Crippen molar-refractivity contribution in [3.8, 4) is 0 Å². The summed E-state index contributed by atoms with van der Waals surface area (Å²) in [5, 5.41) is 3.76. The van der Waals surface area contributed by atoms with Crippen molar-refractivity contribution in [2.75, 3.05) is 0 Å². The molecule has 4 nitrogen and oxygen atoms in total. The predicted octanol–water partition coefficient (Wildman–Crippen LogP) is 2.46. The topological polar surface area (TPSA) is 62.0 Å². The number of carbonyl (C=O) groups excluding carboxylic acids is 1. The second-order valence-electron chi connectivity index (χ2n) is 4.79. The maximum absolute atomic E-state index is 11.9. The minimum atomic E-state index is -0.198. The van der Waals surface area contributed by atoms with Crippen LogP contribution in [-0.2, 0) is 4.79 Å². The van der Waals surface area contributed by atoms with Gasteiger partial charge in [0, 0.05) is 23.2 Å². The molecule has 2 N–H and O–H groups in total. The third kappa shape index (κ3) is 3.35. The first-order valence-electron chi connectivity index (χ1n) is 6.71. The number of H-pyrrole nitrogens is 1. The third-order valence-corrected chi connectivity index (χ3v) is 3.20. The summed E-state index contributed by atoms with van der Waals surface area (Å²) in [6, 6.07) is 9.45. The summed E-state index contributed by atoms with van der Waals surface area (Å²) in [5.41, 5.74) is 1.07. The highest BCUT2D eigenvalue weighted by Crippen LogP contribution is 2.10. The van der Waals surface area contributed by atoms with Gasteiger partial charge in [-0.1, -0.05) is 25.1 Å². The summed E-state index contributed by atoms with van der Waals surface area (Å²) in [7, 11) is 0. The van der Waals surface area contributed by atoms with Crippen LogP contribution in [0.2, 0.25) is 0 Å². The van der Waals surface area contributed by atoms with E-state index in [2.05, 4.69) is 10.3 Å². The molecule has 0 saturated heterocycles. The number of pyridine rings is 1. The maximum Gasteiger partial charge on any atom is 0.255 e. The Hall–Kier alpha value is -2.36. The van der Waals surface area contributed by atoms with Crippen LogP contribution in [0.5, 0.6) is 0 Å². The molecule has 2 rings (SSSR count). The average Bonchev–Trinajstić information content (AvgIpc) is 2.44. The van der Waals surface area contributed by atoms with Gasteiger partial charge >= 0.3 is 0 Å². The number of fused-ring (bicyclic) bond motifs is 1. The molecule has 0 spiro atoms. The molecule has 20 heavy (non-hydrogen) atoms. The van der Waals surface area contributed by atoms with Crippen LogP contribution in [-0.4, -0.2) is 16.9 Å². The molecule has 0 aliphatic heterocycles. The van der Waals surface area contributed by atoms with Gasteiger partial charge in [-0.2, -0.15) is 0 Å². The highest BCUT2D eigenvalue weighted by Gasteiger charge is 2.03. The Labute approximate surface area is 117 Å². The van der Waals surface area contributed by atoms with Gasteiger partial charge in [-0.25, -0.2) is 0 Å². The smallest absolute Gasteiger partial charge is 0.255 e. The van der Waals surface area contributed by atoms with Gasteiger partial charge in [0.2, 0.25) is 5.91 Å². The lowest BCUT2D eigenvalue weighted by molar-refractivity contribution is -0.117. The quantitative estimate of drug-likeness (QED) is 0.838. The molecule has 0 saturated carbocycles. The summed E-state index contributed by atoms with van der Waals surface area (Å²) in [6.45, 7) is 3.94. The van der Waals surface area contributed by atoms with Crippen LogP contribution in [0.25, 0.3) is 17.0 Å². The Morgan fingerprint density at radius 1 is 1.40 bits per heavy atom. The number of hydrogen-bond acceptors (Lipinski definition) is 2. The zero-order valence-electron chi connectivity index (χ0n) is 11.6. The van der Waals surface area contributed by atoms with E-state index in [1.54, 1.807) is 12.1 Å². The van der Waals surface area contributed by atoms with Crippen LogP contribution in [0.1, 0.15) is 25.8 Å². The van der Waals surface area contributed by atoms with E-state index >= 15 is 0 Å². The Bertz CT molecular complexity index is 701. The molecule has 0 aliphatic rings. The van der Waals surface area contributed by atoms with E-state index in [9.17, 15) is 9.59 Å². The van der Waals surface area contributed by atoms with Crippen molar-refractivity contribution in [1.82, 2.24) is 10.3 Å². The molecule has 0 aliphatic carbocycles. The maximum atomic E-state index is 11.9. The fourth-order valence-electron chi connectivity index (χ4n) is 1.85. The van der Waals surface area contributed by atoms with Crippen LogP contribution in [0.15, 0.2) is 41.2 Å². The van der Waals surface area contributed by atoms with Crippen molar-refractivity contribution in [1.29, 1.82) is 0 Å². The summed E-state index contributed by atoms with van der Waals surface area (Å²) in [6.07, 6.45) is 3.81. The number of carbonyl (C=O) groups is 1. The predicted molar refractivity (Wildman–Crippen MR) is 81.5 cm³/mol. The Kier molecular flexibility index (Phi) is 4.35. The lowest BCUT2D eigenvalue weighted by Crippen LogP contribution is -2.30.